The van der Waals surface area contributed by atoms with Gasteiger partial charge in [-0.2, -0.15) is 0 Å². The summed E-state index contributed by atoms with van der Waals surface area (Å²) in [6, 6.07) is 6.33. The number of carbonyl (C=O) groups excluding carboxylic acids is 1. The lowest BCUT2D eigenvalue weighted by Crippen LogP contribution is -2.35. The Morgan fingerprint density at radius 2 is 2.18 bits per heavy atom. The first-order valence-corrected chi connectivity index (χ1v) is 6.46. The van der Waals surface area contributed by atoms with Gasteiger partial charge >= 0.3 is 0 Å². The zero-order valence-electron chi connectivity index (χ0n) is 10.8. The predicted molar refractivity (Wildman–Crippen MR) is 70.2 cm³/mol. The van der Waals surface area contributed by atoms with Crippen LogP contribution < -0.4 is 5.32 Å². The Morgan fingerprint density at radius 1 is 1.35 bits per heavy atom. The SMILES string of the molecule is Cc1ccc(CC(=O)C2CCCNC2)cc1C. The van der Waals surface area contributed by atoms with E-state index in [4.69, 9.17) is 0 Å². The number of piperidine rings is 1. The van der Waals surface area contributed by atoms with Crippen molar-refractivity contribution in [1.82, 2.24) is 5.32 Å². The molecule has 1 fully saturated rings. The molecule has 0 aromatic heterocycles. The summed E-state index contributed by atoms with van der Waals surface area (Å²) in [5.74, 6) is 0.616. The third-order valence-corrected chi connectivity index (χ3v) is 3.70. The second kappa shape index (κ2) is 5.46. The van der Waals surface area contributed by atoms with E-state index in [9.17, 15) is 4.79 Å². The van der Waals surface area contributed by atoms with Gasteiger partial charge in [0.25, 0.3) is 0 Å². The Bertz CT molecular complexity index is 405. The number of aryl methyl sites for hydroxylation is 2. The van der Waals surface area contributed by atoms with Gasteiger partial charge in [-0.15, -0.1) is 0 Å². The van der Waals surface area contributed by atoms with Crippen LogP contribution in [0.2, 0.25) is 0 Å². The van der Waals surface area contributed by atoms with Crippen LogP contribution in [0.5, 0.6) is 0 Å². The average Bonchev–Trinajstić information content (AvgIpc) is 2.35. The fourth-order valence-electron chi connectivity index (χ4n) is 2.39. The molecule has 0 saturated carbocycles. The van der Waals surface area contributed by atoms with Crippen LogP contribution >= 0.6 is 0 Å². The van der Waals surface area contributed by atoms with Gasteiger partial charge in [0, 0.05) is 18.9 Å². The van der Waals surface area contributed by atoms with Crippen LogP contribution in [-0.2, 0) is 11.2 Å². The fraction of sp³-hybridized carbons (Fsp3) is 0.533. The van der Waals surface area contributed by atoms with E-state index >= 15 is 0 Å². The van der Waals surface area contributed by atoms with Gasteiger partial charge in [0.05, 0.1) is 0 Å². The second-order valence-corrected chi connectivity index (χ2v) is 5.10. The maximum atomic E-state index is 12.1. The molecule has 92 valence electrons. The second-order valence-electron chi connectivity index (χ2n) is 5.10. The van der Waals surface area contributed by atoms with E-state index in [0.717, 1.165) is 31.5 Å². The number of hydrogen-bond donors (Lipinski definition) is 1. The summed E-state index contributed by atoms with van der Waals surface area (Å²) in [4.78, 5) is 12.1. The molecular formula is C15H21NO. The number of rotatable bonds is 3. The summed E-state index contributed by atoms with van der Waals surface area (Å²) in [6.45, 7) is 6.13. The molecule has 1 heterocycles. The summed E-state index contributed by atoms with van der Waals surface area (Å²) in [5, 5.41) is 3.30. The standard InChI is InChI=1S/C15H21NO/c1-11-5-6-13(8-12(11)2)9-15(17)14-4-3-7-16-10-14/h5-6,8,14,16H,3-4,7,9-10H2,1-2H3. The van der Waals surface area contributed by atoms with Crippen LogP contribution in [0.15, 0.2) is 18.2 Å². The van der Waals surface area contributed by atoms with E-state index in [2.05, 4.69) is 37.4 Å². The number of benzene rings is 1. The van der Waals surface area contributed by atoms with E-state index in [1.807, 2.05) is 0 Å². The van der Waals surface area contributed by atoms with Crippen LogP contribution in [0.4, 0.5) is 0 Å². The molecule has 0 bridgehead atoms. The highest BCUT2D eigenvalue weighted by atomic mass is 16.1. The number of hydrogen-bond acceptors (Lipinski definition) is 2. The predicted octanol–water partition coefficient (Wildman–Crippen LogP) is 2.41. The number of carbonyl (C=O) groups is 1. The van der Waals surface area contributed by atoms with Gasteiger partial charge in [0.1, 0.15) is 5.78 Å². The van der Waals surface area contributed by atoms with E-state index in [1.54, 1.807) is 0 Å². The summed E-state index contributed by atoms with van der Waals surface area (Å²) in [7, 11) is 0. The van der Waals surface area contributed by atoms with Crippen molar-refractivity contribution < 1.29 is 4.79 Å². The van der Waals surface area contributed by atoms with Gasteiger partial charge in [-0.3, -0.25) is 4.79 Å². The fourth-order valence-corrected chi connectivity index (χ4v) is 2.39. The zero-order chi connectivity index (χ0) is 12.3. The molecule has 17 heavy (non-hydrogen) atoms. The van der Waals surface area contributed by atoms with Crippen molar-refractivity contribution in [2.45, 2.75) is 33.1 Å². The average molecular weight is 231 g/mol. The molecule has 1 aliphatic rings. The maximum absolute atomic E-state index is 12.1. The molecule has 1 N–H and O–H groups in total. The number of nitrogens with one attached hydrogen (secondary N) is 1. The number of Topliss-reactive ketones (excluding diaryl/α,β-unsaturated/α-hetero) is 1. The molecule has 1 unspecified atom stereocenters. The minimum Gasteiger partial charge on any atom is -0.316 e. The Morgan fingerprint density at radius 3 is 2.82 bits per heavy atom. The summed E-state index contributed by atoms with van der Waals surface area (Å²) < 4.78 is 0. The van der Waals surface area contributed by atoms with E-state index in [-0.39, 0.29) is 5.92 Å². The summed E-state index contributed by atoms with van der Waals surface area (Å²) in [5.41, 5.74) is 3.72. The minimum absolute atomic E-state index is 0.227. The van der Waals surface area contributed by atoms with Gasteiger partial charge in [-0.1, -0.05) is 18.2 Å². The molecule has 1 aromatic rings. The van der Waals surface area contributed by atoms with Gasteiger partial charge in [0.15, 0.2) is 0 Å². The molecule has 2 nitrogen and oxygen atoms in total. The highest BCUT2D eigenvalue weighted by molar-refractivity contribution is 5.83. The molecule has 0 radical (unpaired) electrons. The van der Waals surface area contributed by atoms with Crippen molar-refractivity contribution in [2.75, 3.05) is 13.1 Å². The topological polar surface area (TPSA) is 29.1 Å². The van der Waals surface area contributed by atoms with Crippen molar-refractivity contribution in [3.8, 4) is 0 Å². The molecule has 2 heteroatoms. The van der Waals surface area contributed by atoms with Crippen molar-refractivity contribution in [2.24, 2.45) is 5.92 Å². The minimum atomic E-state index is 0.227. The first kappa shape index (κ1) is 12.3. The zero-order valence-corrected chi connectivity index (χ0v) is 10.8. The van der Waals surface area contributed by atoms with E-state index in [1.165, 1.54) is 11.1 Å². The van der Waals surface area contributed by atoms with Crippen LogP contribution in [0.3, 0.4) is 0 Å². The maximum Gasteiger partial charge on any atom is 0.141 e. The largest absolute Gasteiger partial charge is 0.316 e. The highest BCUT2D eigenvalue weighted by Gasteiger charge is 2.20. The van der Waals surface area contributed by atoms with E-state index < -0.39 is 0 Å². The van der Waals surface area contributed by atoms with Crippen molar-refractivity contribution >= 4 is 5.78 Å². The van der Waals surface area contributed by atoms with Gasteiger partial charge in [-0.05, 0) is 49.9 Å². The normalized spacial score (nSPS) is 20.2. The molecule has 0 amide bonds. The van der Waals surface area contributed by atoms with Crippen molar-refractivity contribution in [3.05, 3.63) is 34.9 Å². The number of ketones is 1. The van der Waals surface area contributed by atoms with Crippen LogP contribution in [0.1, 0.15) is 29.5 Å². The van der Waals surface area contributed by atoms with Gasteiger partial charge in [-0.25, -0.2) is 0 Å². The lowest BCUT2D eigenvalue weighted by Gasteiger charge is -2.21. The van der Waals surface area contributed by atoms with Gasteiger partial charge in [0.2, 0.25) is 0 Å². The summed E-state index contributed by atoms with van der Waals surface area (Å²) >= 11 is 0. The lowest BCUT2D eigenvalue weighted by molar-refractivity contribution is -0.122. The molecule has 0 aliphatic carbocycles. The van der Waals surface area contributed by atoms with Gasteiger partial charge < -0.3 is 5.32 Å². The molecule has 0 spiro atoms. The molecule has 1 saturated heterocycles. The summed E-state index contributed by atoms with van der Waals surface area (Å²) in [6.07, 6.45) is 2.77. The third-order valence-electron chi connectivity index (χ3n) is 3.70. The quantitative estimate of drug-likeness (QED) is 0.865. The molecule has 1 aromatic carbocycles. The molecule has 1 aliphatic heterocycles. The van der Waals surface area contributed by atoms with E-state index in [0.29, 0.717) is 12.2 Å². The van der Waals surface area contributed by atoms with Crippen molar-refractivity contribution in [3.63, 3.8) is 0 Å². The Labute approximate surface area is 103 Å². The van der Waals surface area contributed by atoms with Crippen LogP contribution in [0, 0.1) is 19.8 Å². The molecule has 1 atom stereocenters. The highest BCUT2D eigenvalue weighted by Crippen LogP contribution is 2.16. The Hall–Kier alpha value is -1.15. The molecular weight excluding hydrogens is 210 g/mol. The first-order chi connectivity index (χ1) is 8.16. The third kappa shape index (κ3) is 3.16. The Kier molecular flexibility index (Phi) is 3.95. The Balaban J connectivity index is 1.99. The van der Waals surface area contributed by atoms with Crippen LogP contribution in [0.25, 0.3) is 0 Å². The first-order valence-electron chi connectivity index (χ1n) is 6.46. The monoisotopic (exact) mass is 231 g/mol. The smallest absolute Gasteiger partial charge is 0.141 e. The lowest BCUT2D eigenvalue weighted by atomic mass is 9.91. The molecule has 2 rings (SSSR count). The van der Waals surface area contributed by atoms with Crippen molar-refractivity contribution in [1.29, 1.82) is 0 Å². The van der Waals surface area contributed by atoms with Crippen LogP contribution in [-0.4, -0.2) is 18.9 Å².